The van der Waals surface area contributed by atoms with Crippen molar-refractivity contribution in [3.05, 3.63) is 24.3 Å². The quantitative estimate of drug-likeness (QED) is 0.790. The fraction of sp³-hybridized carbons (Fsp3) is 0.579. The van der Waals surface area contributed by atoms with E-state index in [9.17, 15) is 9.59 Å². The van der Waals surface area contributed by atoms with Crippen LogP contribution in [-0.4, -0.2) is 67.5 Å². The first kappa shape index (κ1) is 19.2. The van der Waals surface area contributed by atoms with Gasteiger partial charge < -0.3 is 19.4 Å². The molecule has 6 nitrogen and oxygen atoms in total. The van der Waals surface area contributed by atoms with Gasteiger partial charge in [-0.15, -0.1) is 0 Å². The van der Waals surface area contributed by atoms with Crippen molar-refractivity contribution in [2.24, 2.45) is 0 Å². The molecule has 1 saturated heterocycles. The Morgan fingerprint density at radius 2 is 1.80 bits per heavy atom. The molecular formula is C19H29N3O3. The highest BCUT2D eigenvalue weighted by Crippen LogP contribution is 2.29. The normalized spacial score (nSPS) is 15.3. The van der Waals surface area contributed by atoms with Gasteiger partial charge in [-0.25, -0.2) is 0 Å². The van der Waals surface area contributed by atoms with Gasteiger partial charge in [0.15, 0.2) is 0 Å². The highest BCUT2D eigenvalue weighted by molar-refractivity contribution is 5.93. The molecule has 0 spiro atoms. The molecule has 0 N–H and O–H groups in total. The van der Waals surface area contributed by atoms with E-state index < -0.39 is 0 Å². The molecule has 1 heterocycles. The molecule has 1 aliphatic heterocycles. The minimum Gasteiger partial charge on any atom is -0.489 e. The number of anilines is 1. The Bertz CT molecular complexity index is 595. The van der Waals surface area contributed by atoms with Crippen LogP contribution >= 0.6 is 0 Å². The molecule has 2 amide bonds. The summed E-state index contributed by atoms with van der Waals surface area (Å²) < 4.78 is 5.82. The fourth-order valence-electron chi connectivity index (χ4n) is 2.90. The predicted octanol–water partition coefficient (Wildman–Crippen LogP) is 1.99. The van der Waals surface area contributed by atoms with Gasteiger partial charge in [0.2, 0.25) is 11.8 Å². The summed E-state index contributed by atoms with van der Waals surface area (Å²) in [4.78, 5) is 30.3. The number of carbonyl (C=O) groups excluding carboxylic acids is 2. The van der Waals surface area contributed by atoms with Gasteiger partial charge in [0.25, 0.3) is 0 Å². The van der Waals surface area contributed by atoms with Gasteiger partial charge in [0.1, 0.15) is 5.75 Å². The molecule has 0 aromatic heterocycles. The van der Waals surface area contributed by atoms with Gasteiger partial charge in [-0.05, 0) is 33.0 Å². The number of carbonyl (C=O) groups is 2. The van der Waals surface area contributed by atoms with E-state index in [1.807, 2.05) is 43.0 Å². The number of hydrogen-bond acceptors (Lipinski definition) is 4. The average molecular weight is 347 g/mol. The number of likely N-dealkylation sites (N-methyl/N-ethyl adjacent to an activating group) is 1. The molecule has 0 saturated carbocycles. The van der Waals surface area contributed by atoms with Crippen LogP contribution in [0.25, 0.3) is 0 Å². The lowest BCUT2D eigenvalue weighted by Crippen LogP contribution is -2.47. The Balaban J connectivity index is 2.04. The number of nitrogens with zero attached hydrogens (tertiary/aromatic N) is 3. The van der Waals surface area contributed by atoms with Crippen molar-refractivity contribution in [3.63, 3.8) is 0 Å². The van der Waals surface area contributed by atoms with E-state index in [1.54, 1.807) is 4.90 Å². The zero-order chi connectivity index (χ0) is 18.4. The second kappa shape index (κ2) is 8.85. The SMILES string of the molecule is CC(=O)N(CCC(=O)N1CCN(C)CC1)c1ccccc1OC(C)C. The second-order valence-electron chi connectivity index (χ2n) is 6.74. The van der Waals surface area contributed by atoms with Crippen LogP contribution in [0.5, 0.6) is 5.75 Å². The van der Waals surface area contributed by atoms with Crippen LogP contribution in [0.2, 0.25) is 0 Å². The summed E-state index contributed by atoms with van der Waals surface area (Å²) in [7, 11) is 2.06. The fourth-order valence-corrected chi connectivity index (χ4v) is 2.90. The number of rotatable bonds is 6. The number of piperazine rings is 1. The molecule has 1 aliphatic rings. The smallest absolute Gasteiger partial charge is 0.224 e. The summed E-state index contributed by atoms with van der Waals surface area (Å²) in [5, 5.41) is 0. The summed E-state index contributed by atoms with van der Waals surface area (Å²) in [5.41, 5.74) is 0.717. The second-order valence-corrected chi connectivity index (χ2v) is 6.74. The number of benzene rings is 1. The van der Waals surface area contributed by atoms with Gasteiger partial charge in [-0.2, -0.15) is 0 Å². The van der Waals surface area contributed by atoms with E-state index >= 15 is 0 Å². The van der Waals surface area contributed by atoms with E-state index in [0.29, 0.717) is 18.7 Å². The van der Waals surface area contributed by atoms with Crippen LogP contribution in [0.4, 0.5) is 5.69 Å². The first-order valence-corrected chi connectivity index (χ1v) is 8.88. The molecule has 2 rings (SSSR count). The van der Waals surface area contributed by atoms with Gasteiger partial charge in [-0.1, -0.05) is 12.1 Å². The van der Waals surface area contributed by atoms with Crippen molar-refractivity contribution in [1.29, 1.82) is 0 Å². The number of hydrogen-bond donors (Lipinski definition) is 0. The van der Waals surface area contributed by atoms with E-state index in [4.69, 9.17) is 4.74 Å². The molecule has 0 atom stereocenters. The van der Waals surface area contributed by atoms with E-state index in [0.717, 1.165) is 31.9 Å². The Morgan fingerprint density at radius 1 is 1.16 bits per heavy atom. The van der Waals surface area contributed by atoms with Crippen LogP contribution < -0.4 is 9.64 Å². The number of amides is 2. The van der Waals surface area contributed by atoms with Crippen molar-refractivity contribution >= 4 is 17.5 Å². The van der Waals surface area contributed by atoms with Crippen molar-refractivity contribution in [2.45, 2.75) is 33.3 Å². The van der Waals surface area contributed by atoms with Crippen LogP contribution in [0, 0.1) is 0 Å². The Morgan fingerprint density at radius 3 is 2.40 bits per heavy atom. The largest absolute Gasteiger partial charge is 0.489 e. The lowest BCUT2D eigenvalue weighted by Gasteiger charge is -2.33. The molecule has 138 valence electrons. The third-order valence-corrected chi connectivity index (χ3v) is 4.30. The van der Waals surface area contributed by atoms with E-state index in [-0.39, 0.29) is 17.9 Å². The van der Waals surface area contributed by atoms with Crippen molar-refractivity contribution in [3.8, 4) is 5.75 Å². The van der Waals surface area contributed by atoms with Crippen LogP contribution in [0.3, 0.4) is 0 Å². The third kappa shape index (κ3) is 5.46. The van der Waals surface area contributed by atoms with E-state index in [1.165, 1.54) is 6.92 Å². The lowest BCUT2D eigenvalue weighted by atomic mass is 10.2. The first-order chi connectivity index (χ1) is 11.9. The Labute approximate surface area is 150 Å². The monoisotopic (exact) mass is 347 g/mol. The molecule has 0 unspecified atom stereocenters. The maximum atomic E-state index is 12.5. The number of ether oxygens (including phenoxy) is 1. The lowest BCUT2D eigenvalue weighted by molar-refractivity contribution is -0.132. The standard InChI is InChI=1S/C19H29N3O3/c1-15(2)25-18-8-6-5-7-17(18)22(16(3)23)10-9-19(24)21-13-11-20(4)12-14-21/h5-8,15H,9-14H2,1-4H3. The highest BCUT2D eigenvalue weighted by atomic mass is 16.5. The van der Waals surface area contributed by atoms with Gasteiger partial charge in [0, 0.05) is 46.1 Å². The summed E-state index contributed by atoms with van der Waals surface area (Å²) >= 11 is 0. The summed E-state index contributed by atoms with van der Waals surface area (Å²) in [5.74, 6) is 0.673. The van der Waals surface area contributed by atoms with E-state index in [2.05, 4.69) is 11.9 Å². The zero-order valence-electron chi connectivity index (χ0n) is 15.7. The molecule has 0 aliphatic carbocycles. The molecular weight excluding hydrogens is 318 g/mol. The number of para-hydroxylation sites is 2. The molecule has 1 aromatic rings. The maximum Gasteiger partial charge on any atom is 0.224 e. The Kier molecular flexibility index (Phi) is 6.82. The molecule has 25 heavy (non-hydrogen) atoms. The molecule has 0 radical (unpaired) electrons. The van der Waals surface area contributed by atoms with Gasteiger partial charge >= 0.3 is 0 Å². The predicted molar refractivity (Wildman–Crippen MR) is 98.9 cm³/mol. The van der Waals surface area contributed by atoms with Gasteiger partial charge in [0.05, 0.1) is 11.8 Å². The minimum atomic E-state index is -0.0917. The Hall–Kier alpha value is -2.08. The summed E-state index contributed by atoms with van der Waals surface area (Å²) in [6, 6.07) is 7.47. The van der Waals surface area contributed by atoms with Crippen LogP contribution in [0.15, 0.2) is 24.3 Å². The summed E-state index contributed by atoms with van der Waals surface area (Å²) in [6.07, 6.45) is 0.334. The molecule has 6 heteroatoms. The molecule has 1 fully saturated rings. The third-order valence-electron chi connectivity index (χ3n) is 4.30. The first-order valence-electron chi connectivity index (χ1n) is 8.88. The van der Waals surface area contributed by atoms with Crippen molar-refractivity contribution in [2.75, 3.05) is 44.7 Å². The zero-order valence-corrected chi connectivity index (χ0v) is 15.7. The molecule has 1 aromatic carbocycles. The maximum absolute atomic E-state index is 12.5. The van der Waals surface area contributed by atoms with Crippen LogP contribution in [0.1, 0.15) is 27.2 Å². The average Bonchev–Trinajstić information content (AvgIpc) is 2.56. The summed E-state index contributed by atoms with van der Waals surface area (Å²) in [6.45, 7) is 9.08. The minimum absolute atomic E-state index is 0.0157. The highest BCUT2D eigenvalue weighted by Gasteiger charge is 2.22. The van der Waals surface area contributed by atoms with Gasteiger partial charge in [-0.3, -0.25) is 9.59 Å². The van der Waals surface area contributed by atoms with Crippen molar-refractivity contribution in [1.82, 2.24) is 9.80 Å². The van der Waals surface area contributed by atoms with Crippen LogP contribution in [-0.2, 0) is 9.59 Å². The molecule has 0 bridgehead atoms. The van der Waals surface area contributed by atoms with Crippen molar-refractivity contribution < 1.29 is 14.3 Å². The topological polar surface area (TPSA) is 53.1 Å².